The van der Waals surface area contributed by atoms with E-state index in [1.54, 1.807) is 4.90 Å². The highest BCUT2D eigenvalue weighted by molar-refractivity contribution is 5.54. The summed E-state index contributed by atoms with van der Waals surface area (Å²) in [5.41, 5.74) is -0.773. The van der Waals surface area contributed by atoms with E-state index in [0.717, 1.165) is 40.2 Å². The van der Waals surface area contributed by atoms with Crippen molar-refractivity contribution in [3.8, 4) is 11.9 Å². The average molecular weight is 506 g/mol. The van der Waals surface area contributed by atoms with Crippen molar-refractivity contribution < 1.29 is 13.2 Å². The number of aromatic amines is 1. The van der Waals surface area contributed by atoms with Crippen LogP contribution in [0.1, 0.15) is 22.3 Å². The summed E-state index contributed by atoms with van der Waals surface area (Å²) in [6.45, 7) is 0.131. The molecule has 0 atom stereocenters. The van der Waals surface area contributed by atoms with Crippen LogP contribution in [0.25, 0.3) is 5.82 Å². The molecular weight excluding hydrogens is 489 g/mol. The third kappa shape index (κ3) is 4.20. The molecule has 9 nitrogen and oxygen atoms in total. The molecule has 37 heavy (non-hydrogen) atoms. The van der Waals surface area contributed by atoms with Crippen LogP contribution in [0.15, 0.2) is 63.2 Å². The normalized spacial score (nSPS) is 12.4. The number of hydrogen-bond acceptors (Lipinski definition) is 6. The number of benzene rings is 2. The highest BCUT2D eigenvalue weighted by Crippen LogP contribution is 2.30. The third-order valence-electron chi connectivity index (χ3n) is 6.08. The van der Waals surface area contributed by atoms with Crippen molar-refractivity contribution in [3.63, 3.8) is 0 Å². The van der Waals surface area contributed by atoms with Crippen molar-refractivity contribution in [1.29, 1.82) is 5.26 Å². The number of fused-ring (bicyclic) bond motifs is 1. The van der Waals surface area contributed by atoms with Crippen LogP contribution >= 0.6 is 0 Å². The van der Waals surface area contributed by atoms with Crippen LogP contribution in [0.2, 0.25) is 0 Å². The standard InChI is InChI=1S/C25H17F3N6O3/c26-18-8-14(9-19(27)22(18)28)7-17-23(32-12-15-3-1-2-4-16(15)13-32)33(6-5-29)25(37)34(24(17)36)20-10-30-11-21(35)31-20/h1-4,8-11H,6-7,12-13H2,(H,31,35). The van der Waals surface area contributed by atoms with Gasteiger partial charge in [-0.05, 0) is 28.8 Å². The van der Waals surface area contributed by atoms with Crippen LogP contribution in [0.5, 0.6) is 0 Å². The molecular formula is C25H17F3N6O3. The maximum atomic E-state index is 14.0. The minimum absolute atomic E-state index is 0.0696. The molecule has 2 aromatic carbocycles. The molecule has 0 aliphatic carbocycles. The number of hydrogen-bond donors (Lipinski definition) is 1. The van der Waals surface area contributed by atoms with E-state index in [0.29, 0.717) is 17.7 Å². The lowest BCUT2D eigenvalue weighted by molar-refractivity contribution is 0.445. The summed E-state index contributed by atoms with van der Waals surface area (Å²) in [7, 11) is 0. The molecule has 2 aromatic heterocycles. The summed E-state index contributed by atoms with van der Waals surface area (Å²) in [5.74, 6) is -4.69. The van der Waals surface area contributed by atoms with Gasteiger partial charge in [-0.25, -0.2) is 22.5 Å². The predicted octanol–water partition coefficient (Wildman–Crippen LogP) is 2.13. The first kappa shape index (κ1) is 23.8. The van der Waals surface area contributed by atoms with Gasteiger partial charge in [0.25, 0.3) is 11.1 Å². The smallest absolute Gasteiger partial charge is 0.339 e. The lowest BCUT2D eigenvalue weighted by Crippen LogP contribution is -2.44. The first-order valence-electron chi connectivity index (χ1n) is 11.0. The van der Waals surface area contributed by atoms with E-state index < -0.39 is 47.2 Å². The average Bonchev–Trinajstić information content (AvgIpc) is 3.29. The molecule has 186 valence electrons. The van der Waals surface area contributed by atoms with Gasteiger partial charge < -0.3 is 9.88 Å². The number of halogens is 3. The highest BCUT2D eigenvalue weighted by atomic mass is 19.2. The van der Waals surface area contributed by atoms with E-state index in [1.165, 1.54) is 0 Å². The molecule has 1 N–H and O–H groups in total. The van der Waals surface area contributed by atoms with Gasteiger partial charge in [0, 0.05) is 19.5 Å². The Kier molecular flexibility index (Phi) is 5.96. The van der Waals surface area contributed by atoms with E-state index >= 15 is 0 Å². The van der Waals surface area contributed by atoms with Crippen LogP contribution in [-0.4, -0.2) is 19.1 Å². The fourth-order valence-corrected chi connectivity index (χ4v) is 4.51. The van der Waals surface area contributed by atoms with Crippen molar-refractivity contribution in [3.05, 3.63) is 120 Å². The number of aromatic nitrogens is 4. The van der Waals surface area contributed by atoms with Gasteiger partial charge in [0.2, 0.25) is 0 Å². The number of nitriles is 1. The minimum Gasteiger partial charge on any atom is -0.349 e. The van der Waals surface area contributed by atoms with Crippen molar-refractivity contribution in [1.82, 2.24) is 19.1 Å². The zero-order valence-corrected chi connectivity index (χ0v) is 19.0. The molecule has 3 heterocycles. The first-order chi connectivity index (χ1) is 17.8. The summed E-state index contributed by atoms with van der Waals surface area (Å²) in [4.78, 5) is 47.0. The van der Waals surface area contributed by atoms with Crippen LogP contribution in [0, 0.1) is 28.8 Å². The van der Waals surface area contributed by atoms with E-state index in [9.17, 15) is 32.8 Å². The zero-order chi connectivity index (χ0) is 26.3. The molecule has 0 spiro atoms. The van der Waals surface area contributed by atoms with Gasteiger partial charge in [0.1, 0.15) is 18.2 Å². The lowest BCUT2D eigenvalue weighted by Gasteiger charge is -2.25. The van der Waals surface area contributed by atoms with Gasteiger partial charge >= 0.3 is 5.69 Å². The second kappa shape index (κ2) is 9.27. The van der Waals surface area contributed by atoms with Gasteiger partial charge in [-0.3, -0.25) is 19.1 Å². The Bertz CT molecular complexity index is 1720. The van der Waals surface area contributed by atoms with E-state index in [2.05, 4.69) is 9.97 Å². The fourth-order valence-electron chi connectivity index (χ4n) is 4.51. The molecule has 0 amide bonds. The van der Waals surface area contributed by atoms with Gasteiger partial charge in [-0.2, -0.15) is 5.26 Å². The molecule has 1 aliphatic rings. The molecule has 1 aliphatic heterocycles. The number of H-pyrrole nitrogens is 1. The Morgan fingerprint density at radius 3 is 2.24 bits per heavy atom. The van der Waals surface area contributed by atoms with Crippen molar-refractivity contribution in [2.75, 3.05) is 4.90 Å². The van der Waals surface area contributed by atoms with Crippen molar-refractivity contribution in [2.45, 2.75) is 26.1 Å². The Hall–Kier alpha value is -4.92. The summed E-state index contributed by atoms with van der Waals surface area (Å²) in [6, 6.07) is 10.9. The number of anilines is 1. The highest BCUT2D eigenvalue weighted by Gasteiger charge is 2.29. The maximum Gasteiger partial charge on any atom is 0.339 e. The zero-order valence-electron chi connectivity index (χ0n) is 19.0. The molecule has 0 radical (unpaired) electrons. The summed E-state index contributed by atoms with van der Waals surface area (Å²) in [5, 5.41) is 9.52. The SMILES string of the molecule is N#CCn1c(N2Cc3ccccc3C2)c(Cc2cc(F)c(F)c(F)c2)c(=O)n(-c2cncc(=O)[nH]2)c1=O. The van der Waals surface area contributed by atoms with E-state index in [4.69, 9.17) is 0 Å². The topological polar surface area (TPSA) is 117 Å². The molecule has 0 bridgehead atoms. The molecule has 4 aromatic rings. The monoisotopic (exact) mass is 506 g/mol. The Morgan fingerprint density at radius 1 is 1.00 bits per heavy atom. The van der Waals surface area contributed by atoms with Gasteiger partial charge in [-0.1, -0.05) is 24.3 Å². The van der Waals surface area contributed by atoms with Crippen LogP contribution < -0.4 is 21.7 Å². The molecule has 0 saturated carbocycles. The Labute approximate surface area is 206 Å². The van der Waals surface area contributed by atoms with Crippen LogP contribution in [-0.2, 0) is 26.1 Å². The van der Waals surface area contributed by atoms with Gasteiger partial charge in [0.05, 0.1) is 24.0 Å². The van der Waals surface area contributed by atoms with E-state index in [-0.39, 0.29) is 22.8 Å². The predicted molar refractivity (Wildman–Crippen MR) is 126 cm³/mol. The van der Waals surface area contributed by atoms with E-state index in [1.807, 2.05) is 30.3 Å². The largest absolute Gasteiger partial charge is 0.349 e. The molecule has 0 unspecified atom stereocenters. The summed E-state index contributed by atoms with van der Waals surface area (Å²) < 4.78 is 43.3. The summed E-state index contributed by atoms with van der Waals surface area (Å²) in [6.07, 6.45) is 1.64. The Balaban J connectivity index is 1.80. The fraction of sp³-hybridized carbons (Fsp3) is 0.160. The molecule has 0 fully saturated rings. The summed E-state index contributed by atoms with van der Waals surface area (Å²) >= 11 is 0. The third-order valence-corrected chi connectivity index (χ3v) is 6.08. The quantitative estimate of drug-likeness (QED) is 0.415. The van der Waals surface area contributed by atoms with Crippen molar-refractivity contribution in [2.24, 2.45) is 0 Å². The number of nitrogens with one attached hydrogen (secondary N) is 1. The van der Waals surface area contributed by atoms with Gasteiger partial charge in [0.15, 0.2) is 17.5 Å². The molecule has 5 rings (SSSR count). The minimum atomic E-state index is -1.65. The van der Waals surface area contributed by atoms with Crippen LogP contribution in [0.3, 0.4) is 0 Å². The van der Waals surface area contributed by atoms with Gasteiger partial charge in [-0.15, -0.1) is 0 Å². The molecule has 12 heteroatoms. The second-order valence-electron chi connectivity index (χ2n) is 8.43. The van der Waals surface area contributed by atoms with Crippen LogP contribution in [0.4, 0.5) is 19.0 Å². The lowest BCUT2D eigenvalue weighted by atomic mass is 10.0. The number of rotatable bonds is 5. The number of nitrogens with zero attached hydrogens (tertiary/aromatic N) is 5. The Morgan fingerprint density at radius 2 is 1.65 bits per heavy atom. The molecule has 0 saturated heterocycles. The first-order valence-corrected chi connectivity index (χ1v) is 11.0. The second-order valence-corrected chi connectivity index (χ2v) is 8.43. The maximum absolute atomic E-state index is 14.0. The van der Waals surface area contributed by atoms with Crippen molar-refractivity contribution >= 4 is 5.82 Å².